The first-order chi connectivity index (χ1) is 7.98. The summed E-state index contributed by atoms with van der Waals surface area (Å²) in [5, 5.41) is -0.297. The first-order valence-electron chi connectivity index (χ1n) is 6.24. The number of thioether (sulfide) groups is 1. The van der Waals surface area contributed by atoms with Gasteiger partial charge in [0.2, 0.25) is 0 Å². The molecule has 1 aliphatic heterocycles. The van der Waals surface area contributed by atoms with Gasteiger partial charge in [0.1, 0.15) is 5.37 Å². The van der Waals surface area contributed by atoms with Crippen LogP contribution >= 0.6 is 11.8 Å². The van der Waals surface area contributed by atoms with E-state index in [9.17, 15) is 8.42 Å². The normalized spacial score (nSPS) is 36.2. The van der Waals surface area contributed by atoms with Crippen LogP contribution in [0.2, 0.25) is 0 Å². The SMILES string of the molecule is CS(=O)(=O)C1CSCCN1CC1CCCC1N. The molecule has 2 aliphatic rings. The second-order valence-corrected chi connectivity index (χ2v) is 8.56. The molecule has 3 atom stereocenters. The van der Waals surface area contributed by atoms with Crippen LogP contribution in [-0.4, -0.2) is 55.6 Å². The van der Waals surface area contributed by atoms with E-state index in [1.807, 2.05) is 0 Å². The average molecular weight is 278 g/mol. The monoisotopic (exact) mass is 278 g/mol. The molecule has 1 aliphatic carbocycles. The molecular formula is C11H22N2O2S2. The van der Waals surface area contributed by atoms with Crippen molar-refractivity contribution in [3.63, 3.8) is 0 Å². The molecule has 2 rings (SSSR count). The number of nitrogens with two attached hydrogens (primary N) is 1. The summed E-state index contributed by atoms with van der Waals surface area (Å²) in [6.07, 6.45) is 4.79. The van der Waals surface area contributed by atoms with Crippen LogP contribution in [-0.2, 0) is 9.84 Å². The van der Waals surface area contributed by atoms with E-state index >= 15 is 0 Å². The zero-order valence-corrected chi connectivity index (χ0v) is 12.0. The molecule has 0 amide bonds. The molecule has 1 heterocycles. The van der Waals surface area contributed by atoms with Crippen molar-refractivity contribution in [2.24, 2.45) is 11.7 Å². The molecule has 3 unspecified atom stereocenters. The number of sulfone groups is 1. The Hall–Kier alpha value is 0.220. The van der Waals surface area contributed by atoms with Crippen molar-refractivity contribution in [3.05, 3.63) is 0 Å². The second kappa shape index (κ2) is 5.47. The molecule has 17 heavy (non-hydrogen) atoms. The average Bonchev–Trinajstić information content (AvgIpc) is 2.64. The van der Waals surface area contributed by atoms with Gasteiger partial charge >= 0.3 is 0 Å². The van der Waals surface area contributed by atoms with Crippen molar-refractivity contribution in [2.45, 2.75) is 30.7 Å². The fourth-order valence-electron chi connectivity index (χ4n) is 2.81. The lowest BCUT2D eigenvalue weighted by atomic mass is 10.0. The van der Waals surface area contributed by atoms with Gasteiger partial charge in [0.15, 0.2) is 9.84 Å². The third-order valence-corrected chi connectivity index (χ3v) is 6.56. The summed E-state index contributed by atoms with van der Waals surface area (Å²) in [4.78, 5) is 2.14. The molecule has 100 valence electrons. The molecule has 0 spiro atoms. The summed E-state index contributed by atoms with van der Waals surface area (Å²) in [6, 6.07) is 0.268. The van der Waals surface area contributed by atoms with Crippen LogP contribution in [0.25, 0.3) is 0 Å². The van der Waals surface area contributed by atoms with Crippen molar-refractivity contribution in [1.82, 2.24) is 4.90 Å². The van der Waals surface area contributed by atoms with Crippen LogP contribution in [0.15, 0.2) is 0 Å². The van der Waals surface area contributed by atoms with Gasteiger partial charge in [-0.05, 0) is 18.8 Å². The van der Waals surface area contributed by atoms with Crippen molar-refractivity contribution in [3.8, 4) is 0 Å². The molecule has 1 saturated carbocycles. The molecular weight excluding hydrogens is 256 g/mol. The van der Waals surface area contributed by atoms with Gasteiger partial charge in [-0.15, -0.1) is 0 Å². The van der Waals surface area contributed by atoms with E-state index in [2.05, 4.69) is 4.90 Å². The van der Waals surface area contributed by atoms with Crippen LogP contribution in [0.3, 0.4) is 0 Å². The molecule has 0 radical (unpaired) electrons. The lowest BCUT2D eigenvalue weighted by Gasteiger charge is -2.36. The van der Waals surface area contributed by atoms with Crippen LogP contribution in [0.4, 0.5) is 0 Å². The predicted octanol–water partition coefficient (Wildman–Crippen LogP) is 0.533. The Kier molecular flexibility index (Phi) is 4.39. The van der Waals surface area contributed by atoms with Gasteiger partial charge in [0.25, 0.3) is 0 Å². The highest BCUT2D eigenvalue weighted by Crippen LogP contribution is 2.28. The van der Waals surface area contributed by atoms with Crippen LogP contribution in [0, 0.1) is 5.92 Å². The number of hydrogen-bond donors (Lipinski definition) is 1. The molecule has 2 fully saturated rings. The topological polar surface area (TPSA) is 63.4 Å². The van der Waals surface area contributed by atoms with Gasteiger partial charge in [-0.25, -0.2) is 8.42 Å². The molecule has 1 saturated heterocycles. The second-order valence-electron chi connectivity index (χ2n) is 5.21. The Morgan fingerprint density at radius 2 is 2.18 bits per heavy atom. The van der Waals surface area contributed by atoms with E-state index in [0.29, 0.717) is 11.7 Å². The lowest BCUT2D eigenvalue weighted by molar-refractivity contribution is 0.220. The highest BCUT2D eigenvalue weighted by Gasteiger charge is 2.34. The smallest absolute Gasteiger partial charge is 0.164 e. The minimum Gasteiger partial charge on any atom is -0.327 e. The van der Waals surface area contributed by atoms with Gasteiger partial charge < -0.3 is 5.73 Å². The summed E-state index contributed by atoms with van der Waals surface area (Å²) in [5.74, 6) is 2.23. The van der Waals surface area contributed by atoms with Crippen LogP contribution in [0.5, 0.6) is 0 Å². The Bertz CT molecular complexity index is 358. The van der Waals surface area contributed by atoms with Gasteiger partial charge in [-0.3, -0.25) is 4.90 Å². The van der Waals surface area contributed by atoms with Crippen molar-refractivity contribution >= 4 is 21.6 Å². The number of rotatable bonds is 3. The fraction of sp³-hybridized carbons (Fsp3) is 1.00. The fourth-order valence-corrected chi connectivity index (χ4v) is 5.77. The Balaban J connectivity index is 2.01. The predicted molar refractivity (Wildman–Crippen MR) is 72.8 cm³/mol. The number of hydrogen-bond acceptors (Lipinski definition) is 5. The van der Waals surface area contributed by atoms with E-state index in [-0.39, 0.29) is 11.4 Å². The standard InChI is InChI=1S/C11H22N2O2S2/c1-17(14,15)11-8-16-6-5-13(11)7-9-3-2-4-10(9)12/h9-11H,2-8,12H2,1H3. The van der Waals surface area contributed by atoms with Gasteiger partial charge in [0.05, 0.1) is 0 Å². The molecule has 6 heteroatoms. The largest absolute Gasteiger partial charge is 0.327 e. The Morgan fingerprint density at radius 3 is 2.76 bits per heavy atom. The van der Waals surface area contributed by atoms with Crippen LogP contribution < -0.4 is 5.73 Å². The lowest BCUT2D eigenvalue weighted by Crippen LogP contribution is -2.50. The third kappa shape index (κ3) is 3.36. The van der Waals surface area contributed by atoms with Crippen molar-refractivity contribution < 1.29 is 8.42 Å². The van der Waals surface area contributed by atoms with E-state index < -0.39 is 9.84 Å². The maximum atomic E-state index is 11.8. The zero-order chi connectivity index (χ0) is 12.5. The maximum absolute atomic E-state index is 11.8. The summed E-state index contributed by atoms with van der Waals surface area (Å²) < 4.78 is 23.5. The highest BCUT2D eigenvalue weighted by atomic mass is 32.2. The van der Waals surface area contributed by atoms with E-state index in [1.165, 1.54) is 12.7 Å². The zero-order valence-electron chi connectivity index (χ0n) is 10.3. The highest BCUT2D eigenvalue weighted by molar-refractivity contribution is 8.00. The van der Waals surface area contributed by atoms with Gasteiger partial charge in [-0.1, -0.05) is 6.42 Å². The number of nitrogens with zero attached hydrogens (tertiary/aromatic N) is 1. The van der Waals surface area contributed by atoms with Crippen molar-refractivity contribution in [1.29, 1.82) is 0 Å². The first kappa shape index (κ1) is 13.6. The first-order valence-corrected chi connectivity index (χ1v) is 9.35. The molecule has 4 nitrogen and oxygen atoms in total. The maximum Gasteiger partial charge on any atom is 0.164 e. The minimum absolute atomic E-state index is 0.268. The van der Waals surface area contributed by atoms with E-state index in [0.717, 1.165) is 31.7 Å². The van der Waals surface area contributed by atoms with Crippen molar-refractivity contribution in [2.75, 3.05) is 30.9 Å². The quantitative estimate of drug-likeness (QED) is 0.816. The Labute approximate surface area is 108 Å². The van der Waals surface area contributed by atoms with Gasteiger partial charge in [-0.2, -0.15) is 11.8 Å². The molecule has 2 N–H and O–H groups in total. The van der Waals surface area contributed by atoms with E-state index in [4.69, 9.17) is 5.73 Å². The van der Waals surface area contributed by atoms with Crippen LogP contribution in [0.1, 0.15) is 19.3 Å². The summed E-state index contributed by atoms with van der Waals surface area (Å²) in [6.45, 7) is 1.74. The third-order valence-electron chi connectivity index (χ3n) is 3.87. The molecule has 0 aromatic heterocycles. The minimum atomic E-state index is -2.97. The van der Waals surface area contributed by atoms with Gasteiger partial charge in [0, 0.05) is 36.9 Å². The molecule has 0 aromatic carbocycles. The molecule has 0 bridgehead atoms. The summed E-state index contributed by atoms with van der Waals surface area (Å²) in [5.41, 5.74) is 6.07. The summed E-state index contributed by atoms with van der Waals surface area (Å²) in [7, 11) is -2.97. The molecule has 0 aromatic rings. The summed E-state index contributed by atoms with van der Waals surface area (Å²) >= 11 is 1.74. The van der Waals surface area contributed by atoms with E-state index in [1.54, 1.807) is 11.8 Å². The Morgan fingerprint density at radius 1 is 1.41 bits per heavy atom.